The van der Waals surface area contributed by atoms with E-state index in [-0.39, 0.29) is 28.9 Å². The molecular formula is C24H29FN6O3. The predicted molar refractivity (Wildman–Crippen MR) is 125 cm³/mol. The van der Waals surface area contributed by atoms with Gasteiger partial charge in [0.2, 0.25) is 0 Å². The van der Waals surface area contributed by atoms with Crippen LogP contribution in [0.4, 0.5) is 10.2 Å². The molecular weight excluding hydrogens is 439 g/mol. The maximum Gasteiger partial charge on any atom is 0.350 e. The number of fused-ring (bicyclic) bond motifs is 1. The Labute approximate surface area is 197 Å². The predicted octanol–water partition coefficient (Wildman–Crippen LogP) is 3.74. The molecule has 3 heterocycles. The molecule has 180 valence electrons. The van der Waals surface area contributed by atoms with Gasteiger partial charge in [-0.25, -0.2) is 14.2 Å². The summed E-state index contributed by atoms with van der Waals surface area (Å²) in [5, 5.41) is 7.04. The summed E-state index contributed by atoms with van der Waals surface area (Å²) in [6.45, 7) is 8.00. The first-order chi connectivity index (χ1) is 16.3. The normalized spacial score (nSPS) is 13.9. The van der Waals surface area contributed by atoms with Gasteiger partial charge in [-0.1, -0.05) is 13.3 Å². The Morgan fingerprint density at radius 1 is 1.29 bits per heavy atom. The minimum atomic E-state index is -0.745. The van der Waals surface area contributed by atoms with Crippen molar-refractivity contribution < 1.29 is 13.9 Å². The Kier molecular flexibility index (Phi) is 6.76. The molecule has 2 aromatic heterocycles. The molecule has 0 unspecified atom stereocenters. The Bertz CT molecular complexity index is 1280. The van der Waals surface area contributed by atoms with Crippen LogP contribution in [0, 0.1) is 19.7 Å². The molecule has 1 aliphatic heterocycles. The minimum absolute atomic E-state index is 0.00278. The molecule has 0 saturated heterocycles. The number of aryl methyl sites for hydroxylation is 3. The van der Waals surface area contributed by atoms with E-state index in [0.29, 0.717) is 24.5 Å². The molecule has 1 aromatic carbocycles. The Morgan fingerprint density at radius 3 is 2.79 bits per heavy atom. The van der Waals surface area contributed by atoms with Gasteiger partial charge >= 0.3 is 5.69 Å². The number of nitrogens with zero attached hydrogens (tertiary/aromatic N) is 5. The summed E-state index contributed by atoms with van der Waals surface area (Å²) < 4.78 is 24.0. The van der Waals surface area contributed by atoms with Gasteiger partial charge in [-0.05, 0) is 46.1 Å². The average molecular weight is 469 g/mol. The SMILES string of the molecule is CCC[C@H](C)Oc1cc(-n2nc3n(c2=O)CCCC3)c(F)cc1C(=O)Nc1ncc(C)nc1C. The third kappa shape index (κ3) is 4.71. The molecule has 1 aliphatic rings. The first-order valence-electron chi connectivity index (χ1n) is 11.6. The molecule has 1 N–H and O–H groups in total. The van der Waals surface area contributed by atoms with Gasteiger partial charge in [0, 0.05) is 19.0 Å². The summed E-state index contributed by atoms with van der Waals surface area (Å²) in [5.74, 6) is -0.240. The molecule has 0 radical (unpaired) electrons. The van der Waals surface area contributed by atoms with Gasteiger partial charge in [0.1, 0.15) is 23.1 Å². The van der Waals surface area contributed by atoms with Gasteiger partial charge in [0.05, 0.1) is 29.3 Å². The number of hydrogen-bond acceptors (Lipinski definition) is 6. The van der Waals surface area contributed by atoms with Crippen LogP contribution in [0.3, 0.4) is 0 Å². The molecule has 0 spiro atoms. The van der Waals surface area contributed by atoms with E-state index in [1.165, 1.54) is 6.07 Å². The van der Waals surface area contributed by atoms with E-state index >= 15 is 4.39 Å². The van der Waals surface area contributed by atoms with Crippen molar-refractivity contribution in [3.05, 3.63) is 57.4 Å². The van der Waals surface area contributed by atoms with Crippen molar-refractivity contribution in [3.63, 3.8) is 0 Å². The van der Waals surface area contributed by atoms with Crippen LogP contribution in [-0.4, -0.2) is 36.3 Å². The number of carbonyl (C=O) groups excluding carboxylic acids is 1. The molecule has 1 atom stereocenters. The number of carbonyl (C=O) groups is 1. The van der Waals surface area contributed by atoms with Crippen LogP contribution in [0.2, 0.25) is 0 Å². The van der Waals surface area contributed by atoms with Gasteiger partial charge in [0.15, 0.2) is 5.82 Å². The van der Waals surface area contributed by atoms with Gasteiger partial charge in [-0.15, -0.1) is 5.10 Å². The lowest BCUT2D eigenvalue weighted by molar-refractivity contribution is 0.101. The van der Waals surface area contributed by atoms with Crippen molar-refractivity contribution in [1.82, 2.24) is 24.3 Å². The molecule has 1 amide bonds. The monoisotopic (exact) mass is 468 g/mol. The van der Waals surface area contributed by atoms with E-state index in [0.717, 1.165) is 42.1 Å². The molecule has 0 saturated carbocycles. The summed E-state index contributed by atoms with van der Waals surface area (Å²) in [6.07, 6.45) is 5.42. The van der Waals surface area contributed by atoms with Crippen LogP contribution in [0.5, 0.6) is 5.75 Å². The summed E-state index contributed by atoms with van der Waals surface area (Å²) in [4.78, 5) is 34.5. The lowest BCUT2D eigenvalue weighted by Crippen LogP contribution is -2.27. The zero-order valence-electron chi connectivity index (χ0n) is 19.9. The van der Waals surface area contributed by atoms with Gasteiger partial charge in [-0.3, -0.25) is 14.3 Å². The molecule has 0 bridgehead atoms. The second-order valence-corrected chi connectivity index (χ2v) is 8.64. The van der Waals surface area contributed by atoms with Gasteiger partial charge in [-0.2, -0.15) is 4.68 Å². The Morgan fingerprint density at radius 2 is 2.09 bits per heavy atom. The number of benzene rings is 1. The van der Waals surface area contributed by atoms with E-state index in [1.54, 1.807) is 24.6 Å². The highest BCUT2D eigenvalue weighted by molar-refractivity contribution is 6.06. The number of amides is 1. The van der Waals surface area contributed by atoms with Crippen LogP contribution >= 0.6 is 0 Å². The fraction of sp³-hybridized carbons (Fsp3) is 0.458. The fourth-order valence-corrected chi connectivity index (χ4v) is 4.11. The number of rotatable bonds is 7. The van der Waals surface area contributed by atoms with E-state index in [4.69, 9.17) is 4.74 Å². The van der Waals surface area contributed by atoms with Crippen LogP contribution in [0.1, 0.15) is 67.1 Å². The van der Waals surface area contributed by atoms with Crippen molar-refractivity contribution >= 4 is 11.7 Å². The highest BCUT2D eigenvalue weighted by Crippen LogP contribution is 2.28. The number of anilines is 1. The van der Waals surface area contributed by atoms with Crippen LogP contribution < -0.4 is 15.7 Å². The number of ether oxygens (including phenoxy) is 1. The maximum atomic E-state index is 15.3. The third-order valence-electron chi connectivity index (χ3n) is 5.82. The summed E-state index contributed by atoms with van der Waals surface area (Å²) >= 11 is 0. The van der Waals surface area contributed by atoms with Crippen molar-refractivity contribution in [3.8, 4) is 11.4 Å². The standard InChI is InChI=1S/C24H29FN6O3/c1-5-8-15(3)34-20-12-19(31-24(33)30-10-7-6-9-21(30)29-31)18(25)11-17(20)23(32)28-22-16(4)27-14(2)13-26-22/h11-13,15H,5-10H2,1-4H3,(H,26,28,32)/t15-/m0/s1. The molecule has 0 aliphatic carbocycles. The first kappa shape index (κ1) is 23.6. The number of hydrogen-bond donors (Lipinski definition) is 1. The number of aromatic nitrogens is 5. The van der Waals surface area contributed by atoms with E-state index < -0.39 is 17.4 Å². The average Bonchev–Trinajstić information content (AvgIpc) is 3.13. The lowest BCUT2D eigenvalue weighted by Gasteiger charge is -2.18. The highest BCUT2D eigenvalue weighted by atomic mass is 19.1. The second kappa shape index (κ2) is 9.74. The largest absolute Gasteiger partial charge is 0.490 e. The summed E-state index contributed by atoms with van der Waals surface area (Å²) in [7, 11) is 0. The van der Waals surface area contributed by atoms with Crippen LogP contribution in [0.25, 0.3) is 5.69 Å². The third-order valence-corrected chi connectivity index (χ3v) is 5.82. The molecule has 4 rings (SSSR count). The van der Waals surface area contributed by atoms with Crippen LogP contribution in [0.15, 0.2) is 23.1 Å². The van der Waals surface area contributed by atoms with Crippen LogP contribution in [-0.2, 0) is 13.0 Å². The zero-order chi connectivity index (χ0) is 24.4. The van der Waals surface area contributed by atoms with Crippen molar-refractivity contribution in [2.75, 3.05) is 5.32 Å². The lowest BCUT2D eigenvalue weighted by atomic mass is 10.1. The molecule has 9 nitrogen and oxygen atoms in total. The summed E-state index contributed by atoms with van der Waals surface area (Å²) in [6, 6.07) is 2.46. The minimum Gasteiger partial charge on any atom is -0.490 e. The highest BCUT2D eigenvalue weighted by Gasteiger charge is 2.24. The topological polar surface area (TPSA) is 104 Å². The van der Waals surface area contributed by atoms with E-state index in [2.05, 4.69) is 20.4 Å². The fourth-order valence-electron chi connectivity index (χ4n) is 4.11. The van der Waals surface area contributed by atoms with E-state index in [1.807, 2.05) is 13.8 Å². The Balaban J connectivity index is 1.76. The smallest absolute Gasteiger partial charge is 0.350 e. The molecule has 3 aromatic rings. The number of halogens is 1. The van der Waals surface area contributed by atoms with Gasteiger partial charge in [0.25, 0.3) is 5.91 Å². The van der Waals surface area contributed by atoms with E-state index in [9.17, 15) is 9.59 Å². The van der Waals surface area contributed by atoms with Gasteiger partial charge < -0.3 is 10.1 Å². The van der Waals surface area contributed by atoms with Crippen molar-refractivity contribution in [1.29, 1.82) is 0 Å². The molecule has 0 fully saturated rings. The van der Waals surface area contributed by atoms with Crippen molar-refractivity contribution in [2.45, 2.75) is 72.4 Å². The molecule has 10 heteroatoms. The maximum absolute atomic E-state index is 15.3. The summed E-state index contributed by atoms with van der Waals surface area (Å²) in [5.41, 5.74) is 0.819. The van der Waals surface area contributed by atoms with Crippen molar-refractivity contribution in [2.24, 2.45) is 0 Å². The first-order valence-corrected chi connectivity index (χ1v) is 11.6. The quantitative estimate of drug-likeness (QED) is 0.567. The second-order valence-electron chi connectivity index (χ2n) is 8.64. The number of nitrogens with one attached hydrogen (secondary N) is 1. The zero-order valence-corrected chi connectivity index (χ0v) is 19.9. The molecule has 34 heavy (non-hydrogen) atoms. The Hall–Kier alpha value is -3.56.